The fraction of sp³-hybridized carbons (Fsp3) is 1.00. The normalized spacial score (nSPS) is 43.6. The lowest BCUT2D eigenvalue weighted by atomic mass is 9.76. The molecule has 1 aliphatic carbocycles. The van der Waals surface area contributed by atoms with Crippen LogP contribution in [0.4, 0.5) is 0 Å². The molecule has 0 amide bonds. The van der Waals surface area contributed by atoms with Gasteiger partial charge in [-0.05, 0) is 43.9 Å². The van der Waals surface area contributed by atoms with Crippen molar-refractivity contribution >= 4 is 0 Å². The van der Waals surface area contributed by atoms with Gasteiger partial charge in [0.25, 0.3) is 0 Å². The molecule has 2 aliphatic heterocycles. The number of nitrogens with zero attached hydrogens (tertiary/aromatic N) is 1. The molecule has 3 rings (SSSR count). The van der Waals surface area contributed by atoms with Gasteiger partial charge in [0, 0.05) is 25.7 Å². The van der Waals surface area contributed by atoms with Crippen molar-refractivity contribution in [2.45, 2.75) is 70.1 Å². The number of rotatable bonds is 4. The van der Waals surface area contributed by atoms with Crippen LogP contribution in [0, 0.1) is 11.8 Å². The number of ether oxygens (including phenoxy) is 1. The van der Waals surface area contributed by atoms with Crippen LogP contribution in [0.2, 0.25) is 0 Å². The Morgan fingerprint density at radius 2 is 1.84 bits per heavy atom. The van der Waals surface area contributed by atoms with Gasteiger partial charge in [-0.25, -0.2) is 0 Å². The molecule has 19 heavy (non-hydrogen) atoms. The minimum atomic E-state index is 0.439. The first-order valence-electron chi connectivity index (χ1n) is 8.38. The third-order valence-electron chi connectivity index (χ3n) is 5.46. The Kier molecular flexibility index (Phi) is 4.45. The molecule has 3 fully saturated rings. The molecule has 110 valence electrons. The van der Waals surface area contributed by atoms with Crippen LogP contribution in [0.15, 0.2) is 0 Å². The Labute approximate surface area is 117 Å². The van der Waals surface area contributed by atoms with Crippen molar-refractivity contribution in [2.24, 2.45) is 17.6 Å². The molecule has 2 N–H and O–H groups in total. The first kappa shape index (κ1) is 13.8. The highest BCUT2D eigenvalue weighted by atomic mass is 16.5. The lowest BCUT2D eigenvalue weighted by Gasteiger charge is -2.40. The Morgan fingerprint density at radius 1 is 1.11 bits per heavy atom. The highest BCUT2D eigenvalue weighted by molar-refractivity contribution is 4.89. The highest BCUT2D eigenvalue weighted by Crippen LogP contribution is 2.33. The summed E-state index contributed by atoms with van der Waals surface area (Å²) in [5.41, 5.74) is 6.38. The number of fused-ring (bicyclic) bond motifs is 2. The van der Waals surface area contributed by atoms with Gasteiger partial charge in [0.15, 0.2) is 0 Å². The quantitative estimate of drug-likeness (QED) is 0.849. The second-order valence-corrected chi connectivity index (χ2v) is 7.07. The van der Waals surface area contributed by atoms with Gasteiger partial charge in [0.05, 0.1) is 12.2 Å². The topological polar surface area (TPSA) is 38.5 Å². The third-order valence-corrected chi connectivity index (χ3v) is 5.46. The number of hydrogen-bond acceptors (Lipinski definition) is 3. The average molecular weight is 266 g/mol. The van der Waals surface area contributed by atoms with Gasteiger partial charge < -0.3 is 10.5 Å². The second-order valence-electron chi connectivity index (χ2n) is 7.07. The van der Waals surface area contributed by atoms with E-state index in [0.717, 1.165) is 24.9 Å². The summed E-state index contributed by atoms with van der Waals surface area (Å²) in [5, 5.41) is 0. The van der Waals surface area contributed by atoms with Crippen LogP contribution in [-0.2, 0) is 4.74 Å². The molecular formula is C16H30N2O. The van der Waals surface area contributed by atoms with Crippen LogP contribution >= 0.6 is 0 Å². The SMILES string of the molecule is CCCC1CCC(N)C(CN2CC3CCC(C2)O3)C1. The molecule has 0 spiro atoms. The largest absolute Gasteiger partial charge is 0.372 e. The van der Waals surface area contributed by atoms with E-state index < -0.39 is 0 Å². The van der Waals surface area contributed by atoms with Crippen molar-refractivity contribution in [1.29, 1.82) is 0 Å². The first-order valence-corrected chi connectivity index (χ1v) is 8.38. The van der Waals surface area contributed by atoms with E-state index in [4.69, 9.17) is 10.5 Å². The number of morpholine rings is 1. The van der Waals surface area contributed by atoms with Crippen molar-refractivity contribution in [3.05, 3.63) is 0 Å². The van der Waals surface area contributed by atoms with Gasteiger partial charge in [-0.15, -0.1) is 0 Å². The van der Waals surface area contributed by atoms with Crippen molar-refractivity contribution in [2.75, 3.05) is 19.6 Å². The molecule has 0 aromatic heterocycles. The van der Waals surface area contributed by atoms with Crippen LogP contribution in [-0.4, -0.2) is 42.8 Å². The van der Waals surface area contributed by atoms with Crippen molar-refractivity contribution in [3.63, 3.8) is 0 Å². The number of nitrogens with two attached hydrogens (primary N) is 1. The first-order chi connectivity index (χ1) is 9.24. The van der Waals surface area contributed by atoms with E-state index in [0.29, 0.717) is 18.2 Å². The van der Waals surface area contributed by atoms with Crippen LogP contribution in [0.5, 0.6) is 0 Å². The van der Waals surface area contributed by atoms with Gasteiger partial charge in [-0.1, -0.05) is 19.8 Å². The van der Waals surface area contributed by atoms with Crippen LogP contribution in [0.3, 0.4) is 0 Å². The smallest absolute Gasteiger partial charge is 0.0707 e. The summed E-state index contributed by atoms with van der Waals surface area (Å²) in [6.07, 6.45) is 10.3. The van der Waals surface area contributed by atoms with Gasteiger partial charge in [-0.2, -0.15) is 0 Å². The minimum absolute atomic E-state index is 0.439. The summed E-state index contributed by atoms with van der Waals surface area (Å²) in [7, 11) is 0. The molecule has 5 unspecified atom stereocenters. The molecule has 3 aliphatic rings. The van der Waals surface area contributed by atoms with Gasteiger partial charge in [0.2, 0.25) is 0 Å². The van der Waals surface area contributed by atoms with Crippen molar-refractivity contribution in [1.82, 2.24) is 4.90 Å². The Morgan fingerprint density at radius 3 is 2.53 bits per heavy atom. The van der Waals surface area contributed by atoms with E-state index >= 15 is 0 Å². The lowest BCUT2D eigenvalue weighted by Crippen LogP contribution is -2.49. The molecule has 2 bridgehead atoms. The predicted octanol–water partition coefficient (Wildman–Crippen LogP) is 2.39. The zero-order chi connectivity index (χ0) is 13.2. The third kappa shape index (κ3) is 3.32. The van der Waals surface area contributed by atoms with Gasteiger partial charge in [-0.3, -0.25) is 4.90 Å². The molecule has 0 aromatic carbocycles. The Hall–Kier alpha value is -0.120. The van der Waals surface area contributed by atoms with E-state index in [9.17, 15) is 0 Å². The minimum Gasteiger partial charge on any atom is -0.372 e. The van der Waals surface area contributed by atoms with Gasteiger partial charge >= 0.3 is 0 Å². The predicted molar refractivity (Wildman–Crippen MR) is 78.0 cm³/mol. The zero-order valence-corrected chi connectivity index (χ0v) is 12.4. The molecule has 2 saturated heterocycles. The standard InChI is InChI=1S/C16H30N2O/c1-2-3-12-4-7-16(17)13(8-12)9-18-10-14-5-6-15(11-18)19-14/h12-16H,2-11,17H2,1H3. The Balaban J connectivity index is 1.52. The van der Waals surface area contributed by atoms with Crippen LogP contribution in [0.25, 0.3) is 0 Å². The van der Waals surface area contributed by atoms with Crippen molar-refractivity contribution < 1.29 is 4.74 Å². The Bertz CT molecular complexity index is 284. The molecule has 3 heteroatoms. The fourth-order valence-corrected chi connectivity index (χ4v) is 4.44. The maximum absolute atomic E-state index is 6.38. The van der Waals surface area contributed by atoms with Crippen molar-refractivity contribution in [3.8, 4) is 0 Å². The number of likely N-dealkylation sites (tertiary alicyclic amines) is 1. The van der Waals surface area contributed by atoms with E-state index in [2.05, 4.69) is 11.8 Å². The summed E-state index contributed by atoms with van der Waals surface area (Å²) in [6, 6.07) is 0.439. The fourth-order valence-electron chi connectivity index (χ4n) is 4.44. The molecule has 1 saturated carbocycles. The summed E-state index contributed by atoms with van der Waals surface area (Å²) >= 11 is 0. The molecule has 3 nitrogen and oxygen atoms in total. The van der Waals surface area contributed by atoms with E-state index in [1.165, 1.54) is 51.5 Å². The lowest BCUT2D eigenvalue weighted by molar-refractivity contribution is -0.0458. The van der Waals surface area contributed by atoms with E-state index in [1.807, 2.05) is 0 Å². The summed E-state index contributed by atoms with van der Waals surface area (Å²) in [5.74, 6) is 1.66. The van der Waals surface area contributed by atoms with E-state index in [-0.39, 0.29) is 0 Å². The second kappa shape index (κ2) is 6.11. The monoisotopic (exact) mass is 266 g/mol. The molecular weight excluding hydrogens is 236 g/mol. The van der Waals surface area contributed by atoms with E-state index in [1.54, 1.807) is 0 Å². The average Bonchev–Trinajstić information content (AvgIpc) is 2.73. The summed E-state index contributed by atoms with van der Waals surface area (Å²) in [6.45, 7) is 5.83. The maximum atomic E-state index is 6.38. The highest BCUT2D eigenvalue weighted by Gasteiger charge is 2.36. The summed E-state index contributed by atoms with van der Waals surface area (Å²) < 4.78 is 5.93. The summed E-state index contributed by atoms with van der Waals surface area (Å²) in [4.78, 5) is 2.64. The molecule has 2 heterocycles. The molecule has 5 atom stereocenters. The number of hydrogen-bond donors (Lipinski definition) is 1. The molecule has 0 radical (unpaired) electrons. The van der Waals surface area contributed by atoms with Gasteiger partial charge in [0.1, 0.15) is 0 Å². The maximum Gasteiger partial charge on any atom is 0.0707 e. The molecule has 0 aromatic rings. The zero-order valence-electron chi connectivity index (χ0n) is 12.4. The van der Waals surface area contributed by atoms with Crippen LogP contribution in [0.1, 0.15) is 51.9 Å². The van der Waals surface area contributed by atoms with Crippen LogP contribution < -0.4 is 5.73 Å².